The van der Waals surface area contributed by atoms with Crippen molar-refractivity contribution in [3.05, 3.63) is 0 Å². The number of carbonyl (C=O) groups is 3. The lowest BCUT2D eigenvalue weighted by molar-refractivity contribution is -0.124. The lowest BCUT2D eigenvalue weighted by Gasteiger charge is -2.02. The molecule has 0 fully saturated rings. The monoisotopic (exact) mass is 405 g/mol. The topological polar surface area (TPSA) is 87.3 Å². The second kappa shape index (κ2) is 30.1. The molecule has 6 nitrogen and oxygen atoms in total. The number of amides is 3. The summed E-state index contributed by atoms with van der Waals surface area (Å²) >= 11 is 0. The molecule has 0 aromatic carbocycles. The molecule has 0 unspecified atom stereocenters. The van der Waals surface area contributed by atoms with Gasteiger partial charge in [-0.25, -0.2) is 0 Å². The van der Waals surface area contributed by atoms with Crippen molar-refractivity contribution in [1.82, 2.24) is 16.0 Å². The van der Waals surface area contributed by atoms with Gasteiger partial charge in [0.25, 0.3) is 0 Å². The fourth-order valence-corrected chi connectivity index (χ4v) is 1.14. The Labute approximate surface area is 176 Å². The molecular formula is C22H51N3O3. The van der Waals surface area contributed by atoms with E-state index in [4.69, 9.17) is 0 Å². The van der Waals surface area contributed by atoms with Crippen LogP contribution in [0.2, 0.25) is 0 Å². The van der Waals surface area contributed by atoms with Crippen LogP contribution in [-0.4, -0.2) is 37.4 Å². The van der Waals surface area contributed by atoms with E-state index in [2.05, 4.69) is 16.0 Å². The van der Waals surface area contributed by atoms with E-state index in [0.717, 1.165) is 19.6 Å². The zero-order valence-electron chi connectivity index (χ0n) is 21.1. The number of hydrogen-bond acceptors (Lipinski definition) is 3. The van der Waals surface area contributed by atoms with Gasteiger partial charge in [-0.3, -0.25) is 14.4 Å². The third kappa shape index (κ3) is 35.5. The minimum atomic E-state index is 0.120. The van der Waals surface area contributed by atoms with Crippen molar-refractivity contribution in [1.29, 1.82) is 0 Å². The van der Waals surface area contributed by atoms with Crippen molar-refractivity contribution in [3.63, 3.8) is 0 Å². The number of rotatable bonds is 6. The van der Waals surface area contributed by atoms with Crippen molar-refractivity contribution in [2.45, 2.75) is 90.0 Å². The Kier molecular flexibility index (Phi) is 40.1. The molecule has 0 aromatic rings. The molecule has 3 amide bonds. The molecular weight excluding hydrogens is 354 g/mol. The molecule has 0 radical (unpaired) electrons. The number of nitrogens with one attached hydrogen (secondary N) is 3. The second-order valence-electron chi connectivity index (χ2n) is 6.15. The van der Waals surface area contributed by atoms with Crippen LogP contribution in [0.1, 0.15) is 90.0 Å². The summed E-state index contributed by atoms with van der Waals surface area (Å²) in [5.41, 5.74) is 0. The molecule has 6 heteroatoms. The Morgan fingerprint density at radius 1 is 0.500 bits per heavy atom. The van der Waals surface area contributed by atoms with Gasteiger partial charge in [-0.2, -0.15) is 0 Å². The van der Waals surface area contributed by atoms with Crippen molar-refractivity contribution < 1.29 is 14.4 Å². The first-order valence-electron chi connectivity index (χ1n) is 10.9. The lowest BCUT2D eigenvalue weighted by atomic mass is 10.2. The highest BCUT2D eigenvalue weighted by atomic mass is 16.2. The fraction of sp³-hybridized carbons (Fsp3) is 0.864. The molecule has 172 valence electrons. The van der Waals surface area contributed by atoms with E-state index in [-0.39, 0.29) is 35.5 Å². The van der Waals surface area contributed by atoms with Gasteiger partial charge in [-0.1, -0.05) is 69.2 Å². The zero-order chi connectivity index (χ0) is 23.7. The summed E-state index contributed by atoms with van der Waals surface area (Å²) in [5, 5.41) is 8.12. The zero-order valence-corrected chi connectivity index (χ0v) is 21.1. The summed E-state index contributed by atoms with van der Waals surface area (Å²) in [6.07, 6.45) is 0. The van der Waals surface area contributed by atoms with Crippen LogP contribution in [0.5, 0.6) is 0 Å². The van der Waals surface area contributed by atoms with Gasteiger partial charge < -0.3 is 16.0 Å². The molecule has 0 aromatic heterocycles. The van der Waals surface area contributed by atoms with Crippen LogP contribution in [0.15, 0.2) is 0 Å². The van der Waals surface area contributed by atoms with Gasteiger partial charge in [0.15, 0.2) is 0 Å². The SMILES string of the molecule is CC.CC.CCNC(=O)C(C)C.CCNC(=O)C(C)C.CCNC(=O)C(C)C. The van der Waals surface area contributed by atoms with Crippen LogP contribution in [0.3, 0.4) is 0 Å². The largest absolute Gasteiger partial charge is 0.356 e. The quantitative estimate of drug-likeness (QED) is 0.612. The molecule has 0 aliphatic carbocycles. The van der Waals surface area contributed by atoms with Gasteiger partial charge in [0.05, 0.1) is 0 Å². The normalized spacial score (nSPS) is 8.57. The average molecular weight is 406 g/mol. The first kappa shape index (κ1) is 37.2. The second-order valence-corrected chi connectivity index (χ2v) is 6.15. The summed E-state index contributed by atoms with van der Waals surface area (Å²) in [7, 11) is 0. The first-order chi connectivity index (χ1) is 13.0. The van der Waals surface area contributed by atoms with Crippen LogP contribution < -0.4 is 16.0 Å². The standard InChI is InChI=1S/3C6H13NO.2C2H6/c3*1-4-7-6(8)5(2)3;2*1-2/h3*5H,4H2,1-3H3,(H,7,8);2*1-2H3. The van der Waals surface area contributed by atoms with Crippen molar-refractivity contribution in [2.24, 2.45) is 17.8 Å². The molecule has 3 N–H and O–H groups in total. The van der Waals surface area contributed by atoms with Gasteiger partial charge in [-0.15, -0.1) is 0 Å². The molecule has 0 bridgehead atoms. The summed E-state index contributed by atoms with van der Waals surface area (Å²) in [5.74, 6) is 0.757. The highest BCUT2D eigenvalue weighted by molar-refractivity contribution is 5.78. The van der Waals surface area contributed by atoms with E-state index in [0.29, 0.717) is 0 Å². The van der Waals surface area contributed by atoms with Crippen LogP contribution in [-0.2, 0) is 14.4 Å². The van der Waals surface area contributed by atoms with Gasteiger partial charge >= 0.3 is 0 Å². The maximum absolute atomic E-state index is 10.6. The molecule has 0 aliphatic rings. The summed E-state index contributed by atoms with van der Waals surface area (Å²) < 4.78 is 0. The molecule has 28 heavy (non-hydrogen) atoms. The van der Waals surface area contributed by atoms with E-state index in [1.807, 2.05) is 90.0 Å². The van der Waals surface area contributed by atoms with Crippen LogP contribution in [0.25, 0.3) is 0 Å². The van der Waals surface area contributed by atoms with E-state index >= 15 is 0 Å². The van der Waals surface area contributed by atoms with Gasteiger partial charge in [0.2, 0.25) is 17.7 Å². The fourth-order valence-electron chi connectivity index (χ4n) is 1.14. The number of hydrogen-bond donors (Lipinski definition) is 3. The highest BCUT2D eigenvalue weighted by Gasteiger charge is 2.03. The number of carbonyl (C=O) groups excluding carboxylic acids is 3. The third-order valence-electron chi connectivity index (χ3n) is 2.63. The summed E-state index contributed by atoms with van der Waals surface area (Å²) in [4.78, 5) is 31.9. The Bertz CT molecular complexity index is 290. The van der Waals surface area contributed by atoms with E-state index in [9.17, 15) is 14.4 Å². The predicted molar refractivity (Wildman–Crippen MR) is 123 cm³/mol. The van der Waals surface area contributed by atoms with Crippen molar-refractivity contribution in [3.8, 4) is 0 Å². The summed E-state index contributed by atoms with van der Waals surface area (Å²) in [6.45, 7) is 27.2. The molecule has 0 aliphatic heterocycles. The van der Waals surface area contributed by atoms with Gasteiger partial charge in [0, 0.05) is 37.4 Å². The molecule has 0 spiro atoms. The Balaban J connectivity index is -0.0000000864. The lowest BCUT2D eigenvalue weighted by Crippen LogP contribution is -2.26. The Morgan fingerprint density at radius 2 is 0.643 bits per heavy atom. The van der Waals surface area contributed by atoms with Gasteiger partial charge in [-0.05, 0) is 20.8 Å². The molecule has 0 rings (SSSR count). The van der Waals surface area contributed by atoms with E-state index in [1.165, 1.54) is 0 Å². The minimum Gasteiger partial charge on any atom is -0.356 e. The Hall–Kier alpha value is -1.59. The summed E-state index contributed by atoms with van der Waals surface area (Å²) in [6, 6.07) is 0. The maximum atomic E-state index is 10.6. The minimum absolute atomic E-state index is 0.120. The molecule has 0 heterocycles. The van der Waals surface area contributed by atoms with E-state index in [1.54, 1.807) is 0 Å². The van der Waals surface area contributed by atoms with Crippen molar-refractivity contribution in [2.75, 3.05) is 19.6 Å². The van der Waals surface area contributed by atoms with Gasteiger partial charge in [0.1, 0.15) is 0 Å². The molecule has 0 saturated heterocycles. The van der Waals surface area contributed by atoms with Crippen molar-refractivity contribution >= 4 is 17.7 Å². The van der Waals surface area contributed by atoms with Crippen LogP contribution >= 0.6 is 0 Å². The molecule has 0 saturated carbocycles. The van der Waals surface area contributed by atoms with Crippen LogP contribution in [0.4, 0.5) is 0 Å². The third-order valence-corrected chi connectivity index (χ3v) is 2.63. The first-order valence-corrected chi connectivity index (χ1v) is 10.9. The van der Waals surface area contributed by atoms with Crippen LogP contribution in [0, 0.1) is 17.8 Å². The smallest absolute Gasteiger partial charge is 0.222 e. The molecule has 0 atom stereocenters. The maximum Gasteiger partial charge on any atom is 0.222 e. The average Bonchev–Trinajstić information content (AvgIpc) is 2.66. The van der Waals surface area contributed by atoms with E-state index < -0.39 is 0 Å². The highest BCUT2D eigenvalue weighted by Crippen LogP contribution is 1.89. The predicted octanol–water partition coefficient (Wildman–Crippen LogP) is 4.39. The Morgan fingerprint density at radius 3 is 0.679 bits per heavy atom.